The molecule has 0 aliphatic heterocycles. The lowest BCUT2D eigenvalue weighted by Crippen LogP contribution is -2.16. The van der Waals surface area contributed by atoms with Gasteiger partial charge in [0.1, 0.15) is 5.75 Å². The van der Waals surface area contributed by atoms with E-state index in [1.165, 1.54) is 108 Å². The summed E-state index contributed by atoms with van der Waals surface area (Å²) in [5.74, 6) is 4.02. The van der Waals surface area contributed by atoms with Crippen LogP contribution >= 0.6 is 0 Å². The van der Waals surface area contributed by atoms with Gasteiger partial charge >= 0.3 is 0 Å². The second kappa shape index (κ2) is 13.2. The molecule has 30 heavy (non-hydrogen) atoms. The van der Waals surface area contributed by atoms with Crippen molar-refractivity contribution in [2.75, 3.05) is 7.11 Å². The van der Waals surface area contributed by atoms with Crippen LogP contribution in [0.25, 0.3) is 0 Å². The molecule has 0 radical (unpaired) electrons. The van der Waals surface area contributed by atoms with Crippen molar-refractivity contribution in [2.45, 2.75) is 110 Å². The Kier molecular flexibility index (Phi) is 10.3. The van der Waals surface area contributed by atoms with Crippen LogP contribution in [-0.4, -0.2) is 7.11 Å². The molecule has 0 amide bonds. The Bertz CT molecular complexity index is 606. The summed E-state index contributed by atoms with van der Waals surface area (Å²) < 4.78 is 5.26. The maximum absolute atomic E-state index is 5.26. The highest BCUT2D eigenvalue weighted by Crippen LogP contribution is 2.37. The van der Waals surface area contributed by atoms with Gasteiger partial charge in [0.2, 0.25) is 0 Å². The van der Waals surface area contributed by atoms with E-state index in [0.29, 0.717) is 0 Å². The molecule has 2 aliphatic carbocycles. The van der Waals surface area contributed by atoms with Gasteiger partial charge in [-0.15, -0.1) is 0 Å². The van der Waals surface area contributed by atoms with E-state index in [1.807, 2.05) is 0 Å². The van der Waals surface area contributed by atoms with Gasteiger partial charge in [0.25, 0.3) is 0 Å². The van der Waals surface area contributed by atoms with Crippen LogP contribution in [0, 0.1) is 17.8 Å². The van der Waals surface area contributed by atoms with Crippen molar-refractivity contribution in [3.63, 3.8) is 0 Å². The fourth-order valence-electron chi connectivity index (χ4n) is 5.67. The van der Waals surface area contributed by atoms with E-state index < -0.39 is 0 Å². The first-order valence-electron chi connectivity index (χ1n) is 13.1. The lowest BCUT2D eigenvalue weighted by Gasteiger charge is -2.30. The van der Waals surface area contributed by atoms with Crippen LogP contribution < -0.4 is 4.74 Å². The zero-order valence-electron chi connectivity index (χ0n) is 19.8. The second-order valence-electron chi connectivity index (χ2n) is 10.2. The van der Waals surface area contributed by atoms with E-state index in [4.69, 9.17) is 4.74 Å². The number of rotatable bonds is 12. The molecule has 1 fully saturated rings. The Morgan fingerprint density at radius 2 is 1.47 bits per heavy atom. The summed E-state index contributed by atoms with van der Waals surface area (Å²) in [6.07, 6.45) is 25.4. The molecule has 0 N–H and O–H groups in total. The quantitative estimate of drug-likeness (QED) is 0.247. The lowest BCUT2D eigenvalue weighted by molar-refractivity contribution is 0.234. The van der Waals surface area contributed by atoms with E-state index in [9.17, 15) is 0 Å². The average Bonchev–Trinajstić information content (AvgIpc) is 2.81. The zero-order chi connectivity index (χ0) is 21.0. The third kappa shape index (κ3) is 8.12. The fourth-order valence-corrected chi connectivity index (χ4v) is 5.67. The van der Waals surface area contributed by atoms with Gasteiger partial charge in [-0.2, -0.15) is 0 Å². The summed E-state index contributed by atoms with van der Waals surface area (Å²) in [7, 11) is 1.73. The normalized spacial score (nSPS) is 24.5. The second-order valence-corrected chi connectivity index (χ2v) is 10.2. The van der Waals surface area contributed by atoms with Crippen LogP contribution in [0.3, 0.4) is 0 Å². The third-order valence-electron chi connectivity index (χ3n) is 7.92. The Hall–Kier alpha value is -1.24. The molecule has 0 bridgehead atoms. The molecule has 0 aromatic heterocycles. The number of aryl methyl sites for hydroxylation is 1. The van der Waals surface area contributed by atoms with Gasteiger partial charge in [0, 0.05) is 0 Å². The largest absolute Gasteiger partial charge is 0.497 e. The number of hydrogen-bond acceptors (Lipinski definition) is 1. The summed E-state index contributed by atoms with van der Waals surface area (Å²) in [5, 5.41) is 0. The highest BCUT2D eigenvalue weighted by Gasteiger charge is 2.22. The molecular formula is C29H46O. The van der Waals surface area contributed by atoms with Gasteiger partial charge in [-0.05, 0) is 74.0 Å². The summed E-state index contributed by atoms with van der Waals surface area (Å²) in [6.45, 7) is 2.32. The first-order chi connectivity index (χ1) is 14.8. The van der Waals surface area contributed by atoms with Crippen molar-refractivity contribution in [2.24, 2.45) is 17.8 Å². The summed E-state index contributed by atoms with van der Waals surface area (Å²) >= 11 is 0. The molecule has 0 spiro atoms. The fraction of sp³-hybridized carbons (Fsp3) is 0.724. The van der Waals surface area contributed by atoms with Gasteiger partial charge in [-0.3, -0.25) is 0 Å². The van der Waals surface area contributed by atoms with E-state index in [0.717, 1.165) is 23.5 Å². The van der Waals surface area contributed by atoms with Crippen molar-refractivity contribution in [1.82, 2.24) is 0 Å². The van der Waals surface area contributed by atoms with Crippen molar-refractivity contribution >= 4 is 0 Å². The minimum atomic E-state index is 0.957. The highest BCUT2D eigenvalue weighted by molar-refractivity contribution is 5.27. The number of allylic oxidation sites excluding steroid dienone is 2. The topological polar surface area (TPSA) is 9.23 Å². The number of benzene rings is 1. The van der Waals surface area contributed by atoms with Gasteiger partial charge in [-0.1, -0.05) is 94.9 Å². The Morgan fingerprint density at radius 1 is 0.767 bits per heavy atom. The smallest absolute Gasteiger partial charge is 0.118 e. The van der Waals surface area contributed by atoms with Crippen molar-refractivity contribution < 1.29 is 4.74 Å². The zero-order valence-corrected chi connectivity index (χ0v) is 19.8. The molecule has 1 nitrogen and oxygen atoms in total. The molecule has 0 saturated heterocycles. The molecule has 0 heterocycles. The summed E-state index contributed by atoms with van der Waals surface area (Å²) in [6, 6.07) is 8.59. The number of methoxy groups -OCH3 is 1. The monoisotopic (exact) mass is 410 g/mol. The third-order valence-corrected chi connectivity index (χ3v) is 7.92. The molecule has 1 saturated carbocycles. The molecular weight excluding hydrogens is 364 g/mol. The lowest BCUT2D eigenvalue weighted by atomic mass is 9.76. The van der Waals surface area contributed by atoms with Crippen LogP contribution in [0.2, 0.25) is 0 Å². The van der Waals surface area contributed by atoms with Crippen molar-refractivity contribution in [3.05, 3.63) is 41.5 Å². The molecule has 1 unspecified atom stereocenters. The predicted octanol–water partition coefficient (Wildman–Crippen LogP) is 8.91. The molecule has 168 valence electrons. The number of ether oxygens (including phenoxy) is 1. The van der Waals surface area contributed by atoms with Crippen molar-refractivity contribution in [3.8, 4) is 5.75 Å². The van der Waals surface area contributed by atoms with Crippen LogP contribution in [-0.2, 0) is 6.42 Å². The predicted molar refractivity (Wildman–Crippen MR) is 130 cm³/mol. The number of hydrogen-bond donors (Lipinski definition) is 0. The average molecular weight is 411 g/mol. The molecule has 1 aromatic carbocycles. The van der Waals surface area contributed by atoms with E-state index >= 15 is 0 Å². The first kappa shape index (κ1) is 23.4. The minimum Gasteiger partial charge on any atom is -0.497 e. The Labute approximate surface area is 186 Å². The van der Waals surface area contributed by atoms with Crippen LogP contribution in [0.5, 0.6) is 5.75 Å². The van der Waals surface area contributed by atoms with Crippen LogP contribution in [0.1, 0.15) is 109 Å². The number of unbranched alkanes of at least 4 members (excludes halogenated alkanes) is 3. The van der Waals surface area contributed by atoms with Crippen LogP contribution in [0.4, 0.5) is 0 Å². The van der Waals surface area contributed by atoms with E-state index in [-0.39, 0.29) is 0 Å². The molecule has 2 aliphatic rings. The Balaban J connectivity index is 1.27. The maximum Gasteiger partial charge on any atom is 0.118 e. The molecule has 3 rings (SSSR count). The molecule has 1 atom stereocenters. The molecule has 1 heteroatoms. The van der Waals surface area contributed by atoms with Crippen LogP contribution in [0.15, 0.2) is 35.9 Å². The van der Waals surface area contributed by atoms with Gasteiger partial charge < -0.3 is 4.74 Å². The minimum absolute atomic E-state index is 0.957. The van der Waals surface area contributed by atoms with Gasteiger partial charge in [0.15, 0.2) is 0 Å². The van der Waals surface area contributed by atoms with Crippen molar-refractivity contribution in [1.29, 1.82) is 0 Å². The summed E-state index contributed by atoms with van der Waals surface area (Å²) in [4.78, 5) is 0. The SMILES string of the molecule is CCCCCCC1CCC(CCC2CC=C(CCc3ccc(OC)cc3)CC2)CC1. The van der Waals surface area contributed by atoms with E-state index in [1.54, 1.807) is 12.7 Å². The Morgan fingerprint density at radius 3 is 2.10 bits per heavy atom. The van der Waals surface area contributed by atoms with E-state index in [2.05, 4.69) is 37.3 Å². The maximum atomic E-state index is 5.26. The first-order valence-corrected chi connectivity index (χ1v) is 13.1. The molecule has 1 aromatic rings. The van der Waals surface area contributed by atoms with Gasteiger partial charge in [-0.25, -0.2) is 0 Å². The van der Waals surface area contributed by atoms with Gasteiger partial charge in [0.05, 0.1) is 7.11 Å². The standard InChI is InChI=1S/C29H46O/c1-3-4-5-6-7-24-8-10-25(11-9-24)12-13-26-14-16-27(17-15-26)18-19-28-20-22-29(30-2)23-21-28/h16,20-26H,3-15,17-19H2,1-2H3. The highest BCUT2D eigenvalue weighted by atomic mass is 16.5. The summed E-state index contributed by atoms with van der Waals surface area (Å²) in [5.41, 5.74) is 3.13.